The largest absolute Gasteiger partial charge is 0.495 e. The van der Waals surface area contributed by atoms with Gasteiger partial charge in [0.2, 0.25) is 0 Å². The maximum atomic E-state index is 13.8. The van der Waals surface area contributed by atoms with Crippen LogP contribution in [0.25, 0.3) is 0 Å². The number of anilines is 2. The molecule has 0 saturated carbocycles. The summed E-state index contributed by atoms with van der Waals surface area (Å²) in [5, 5.41) is 0. The zero-order valence-corrected chi connectivity index (χ0v) is 12.4. The summed E-state index contributed by atoms with van der Waals surface area (Å²) in [5.41, 5.74) is 6.52. The first-order valence-electron chi connectivity index (χ1n) is 6.06. The number of nitrogens with two attached hydrogens (primary N) is 1. The molecule has 2 rings (SSSR count). The van der Waals surface area contributed by atoms with Crippen molar-refractivity contribution in [3.63, 3.8) is 0 Å². The fourth-order valence-corrected chi connectivity index (χ4v) is 3.03. The average Bonchev–Trinajstić information content (AvgIpc) is 2.41. The maximum Gasteiger partial charge on any atom is 0.265 e. The van der Waals surface area contributed by atoms with E-state index in [1.807, 2.05) is 0 Å². The molecule has 0 aliphatic rings. The third-order valence-electron chi connectivity index (χ3n) is 2.85. The molecule has 112 valence electrons. The molecule has 0 bridgehead atoms. The lowest BCUT2D eigenvalue weighted by molar-refractivity contribution is 0.403. The molecule has 0 heterocycles. The Labute approximate surface area is 122 Å². The van der Waals surface area contributed by atoms with E-state index in [0.717, 1.165) is 0 Å². The third kappa shape index (κ3) is 3.25. The summed E-state index contributed by atoms with van der Waals surface area (Å²) < 4.78 is 45.6. The van der Waals surface area contributed by atoms with Crippen LogP contribution in [0.2, 0.25) is 0 Å². The van der Waals surface area contributed by atoms with Gasteiger partial charge in [0, 0.05) is 11.8 Å². The van der Waals surface area contributed by atoms with Crippen LogP contribution in [0.15, 0.2) is 41.3 Å². The fourth-order valence-electron chi connectivity index (χ4n) is 1.81. The van der Waals surface area contributed by atoms with Gasteiger partial charge < -0.3 is 10.5 Å². The highest BCUT2D eigenvalue weighted by Crippen LogP contribution is 2.28. The van der Waals surface area contributed by atoms with Gasteiger partial charge in [-0.3, -0.25) is 4.72 Å². The molecule has 0 aromatic heterocycles. The molecule has 5 nitrogen and oxygen atoms in total. The van der Waals surface area contributed by atoms with Gasteiger partial charge in [-0.2, -0.15) is 0 Å². The van der Waals surface area contributed by atoms with E-state index in [1.54, 1.807) is 13.0 Å². The molecule has 0 saturated heterocycles. The molecule has 0 aliphatic carbocycles. The van der Waals surface area contributed by atoms with Crippen molar-refractivity contribution >= 4 is 21.4 Å². The Morgan fingerprint density at radius 3 is 2.52 bits per heavy atom. The predicted molar refractivity (Wildman–Crippen MR) is 79.4 cm³/mol. The highest BCUT2D eigenvalue weighted by Gasteiger charge is 2.21. The second kappa shape index (κ2) is 5.61. The van der Waals surface area contributed by atoms with E-state index in [0.29, 0.717) is 11.3 Å². The first kappa shape index (κ1) is 15.1. The van der Waals surface area contributed by atoms with Gasteiger partial charge in [0.1, 0.15) is 16.5 Å². The molecule has 0 radical (unpaired) electrons. The lowest BCUT2D eigenvalue weighted by Crippen LogP contribution is -2.15. The first-order valence-corrected chi connectivity index (χ1v) is 7.54. The monoisotopic (exact) mass is 310 g/mol. The van der Waals surface area contributed by atoms with Crippen molar-refractivity contribution in [2.24, 2.45) is 0 Å². The van der Waals surface area contributed by atoms with Crippen molar-refractivity contribution in [1.29, 1.82) is 0 Å². The van der Waals surface area contributed by atoms with Crippen LogP contribution in [0.3, 0.4) is 0 Å². The molecule has 0 amide bonds. The second-order valence-electron chi connectivity index (χ2n) is 4.50. The molecule has 3 N–H and O–H groups in total. The number of methoxy groups -OCH3 is 1. The number of halogens is 1. The smallest absolute Gasteiger partial charge is 0.265 e. The SMILES string of the molecule is COc1cc(N)ccc1S(=O)(=O)Nc1ccc(C)cc1F. The van der Waals surface area contributed by atoms with Crippen LogP contribution in [0.5, 0.6) is 5.75 Å². The minimum atomic E-state index is -3.98. The Bertz CT molecular complexity index is 776. The normalized spacial score (nSPS) is 11.2. The molecule has 7 heteroatoms. The second-order valence-corrected chi connectivity index (χ2v) is 6.15. The summed E-state index contributed by atoms with van der Waals surface area (Å²) in [6.07, 6.45) is 0. The van der Waals surface area contributed by atoms with Crippen molar-refractivity contribution in [3.05, 3.63) is 47.8 Å². The molecular formula is C14H15FN2O3S. The summed E-state index contributed by atoms with van der Waals surface area (Å²) in [6, 6.07) is 8.36. The summed E-state index contributed by atoms with van der Waals surface area (Å²) in [6.45, 7) is 1.71. The van der Waals surface area contributed by atoms with Gasteiger partial charge in [-0.15, -0.1) is 0 Å². The Hall–Kier alpha value is -2.28. The number of hydrogen-bond acceptors (Lipinski definition) is 4. The number of rotatable bonds is 4. The number of aryl methyl sites for hydroxylation is 1. The van der Waals surface area contributed by atoms with Crippen molar-refractivity contribution in [3.8, 4) is 5.75 Å². The third-order valence-corrected chi connectivity index (χ3v) is 4.25. The van der Waals surface area contributed by atoms with Crippen LogP contribution in [0, 0.1) is 12.7 Å². The van der Waals surface area contributed by atoms with Gasteiger partial charge in [0.25, 0.3) is 10.0 Å². The molecule has 2 aromatic carbocycles. The molecule has 0 unspecified atom stereocenters. The quantitative estimate of drug-likeness (QED) is 0.850. The van der Waals surface area contributed by atoms with Crippen molar-refractivity contribution < 1.29 is 17.5 Å². The summed E-state index contributed by atoms with van der Waals surface area (Å²) in [5.74, 6) is -0.553. The highest BCUT2D eigenvalue weighted by molar-refractivity contribution is 7.92. The molecule has 0 spiro atoms. The number of nitrogens with one attached hydrogen (secondary N) is 1. The van der Waals surface area contributed by atoms with Crippen LogP contribution in [0.4, 0.5) is 15.8 Å². The fraction of sp³-hybridized carbons (Fsp3) is 0.143. The standard InChI is InChI=1S/C14H15FN2O3S/c1-9-3-5-12(11(15)7-9)17-21(18,19)14-6-4-10(16)8-13(14)20-2/h3-8,17H,16H2,1-2H3. The van der Waals surface area contributed by atoms with E-state index >= 15 is 0 Å². The Morgan fingerprint density at radius 2 is 1.90 bits per heavy atom. The van der Waals surface area contributed by atoms with Gasteiger partial charge in [0.05, 0.1) is 12.8 Å². The van der Waals surface area contributed by atoms with E-state index in [1.165, 1.54) is 37.4 Å². The van der Waals surface area contributed by atoms with Crippen LogP contribution in [0.1, 0.15) is 5.56 Å². The summed E-state index contributed by atoms with van der Waals surface area (Å²) in [4.78, 5) is -0.112. The first-order chi connectivity index (χ1) is 9.83. The lowest BCUT2D eigenvalue weighted by atomic mass is 10.2. The van der Waals surface area contributed by atoms with Gasteiger partial charge in [-0.1, -0.05) is 6.07 Å². The van der Waals surface area contributed by atoms with Crippen molar-refractivity contribution in [1.82, 2.24) is 0 Å². The van der Waals surface area contributed by atoms with Gasteiger partial charge in [-0.05, 0) is 36.8 Å². The molecule has 0 atom stereocenters. The minimum Gasteiger partial charge on any atom is -0.495 e. The predicted octanol–water partition coefficient (Wildman–Crippen LogP) is 2.53. The van der Waals surface area contributed by atoms with E-state index in [-0.39, 0.29) is 16.3 Å². The van der Waals surface area contributed by atoms with Gasteiger partial charge >= 0.3 is 0 Å². The van der Waals surface area contributed by atoms with Crippen LogP contribution in [-0.2, 0) is 10.0 Å². The number of sulfonamides is 1. The topological polar surface area (TPSA) is 81.4 Å². The average molecular weight is 310 g/mol. The Balaban J connectivity index is 2.43. The highest BCUT2D eigenvalue weighted by atomic mass is 32.2. The van der Waals surface area contributed by atoms with E-state index < -0.39 is 15.8 Å². The van der Waals surface area contributed by atoms with Gasteiger partial charge in [0.15, 0.2) is 0 Å². The maximum absolute atomic E-state index is 13.8. The zero-order valence-electron chi connectivity index (χ0n) is 11.6. The molecule has 0 aliphatic heterocycles. The Morgan fingerprint density at radius 1 is 1.19 bits per heavy atom. The van der Waals surface area contributed by atoms with Crippen LogP contribution in [-0.4, -0.2) is 15.5 Å². The van der Waals surface area contributed by atoms with E-state index in [2.05, 4.69) is 4.72 Å². The van der Waals surface area contributed by atoms with Crippen LogP contribution < -0.4 is 15.2 Å². The summed E-state index contributed by atoms with van der Waals surface area (Å²) >= 11 is 0. The molecule has 2 aromatic rings. The molecule has 21 heavy (non-hydrogen) atoms. The molecular weight excluding hydrogens is 295 g/mol. The number of nitrogen functional groups attached to an aromatic ring is 1. The van der Waals surface area contributed by atoms with E-state index in [4.69, 9.17) is 10.5 Å². The van der Waals surface area contributed by atoms with Crippen molar-refractivity contribution in [2.75, 3.05) is 17.6 Å². The number of hydrogen-bond donors (Lipinski definition) is 2. The number of benzene rings is 2. The summed E-state index contributed by atoms with van der Waals surface area (Å²) in [7, 11) is -2.65. The zero-order chi connectivity index (χ0) is 15.6. The van der Waals surface area contributed by atoms with E-state index in [9.17, 15) is 12.8 Å². The van der Waals surface area contributed by atoms with Crippen LogP contribution >= 0.6 is 0 Å². The lowest BCUT2D eigenvalue weighted by Gasteiger charge is -2.12. The Kier molecular flexibility index (Phi) is 4.04. The minimum absolute atomic E-state index is 0.0926. The number of ether oxygens (including phenoxy) is 1. The van der Waals surface area contributed by atoms with Crippen molar-refractivity contribution in [2.45, 2.75) is 11.8 Å². The molecule has 0 fully saturated rings. The van der Waals surface area contributed by atoms with Gasteiger partial charge in [-0.25, -0.2) is 12.8 Å².